The minimum absolute atomic E-state index is 0.0641. The van der Waals surface area contributed by atoms with Crippen molar-refractivity contribution in [1.82, 2.24) is 39.3 Å². The van der Waals surface area contributed by atoms with Gasteiger partial charge in [-0.1, -0.05) is 39.0 Å². The molecule has 0 saturated carbocycles. The number of imidazole rings is 1. The summed E-state index contributed by atoms with van der Waals surface area (Å²) in [4.78, 5) is 50.4. The van der Waals surface area contributed by atoms with Crippen LogP contribution in [0.4, 0.5) is 10.2 Å². The van der Waals surface area contributed by atoms with Gasteiger partial charge in [-0.05, 0) is 53.9 Å². The second-order valence-electron chi connectivity index (χ2n) is 16.3. The van der Waals surface area contributed by atoms with Gasteiger partial charge in [-0.25, -0.2) is 29.2 Å². The van der Waals surface area contributed by atoms with Crippen molar-refractivity contribution in [3.8, 4) is 6.07 Å². The van der Waals surface area contributed by atoms with Crippen molar-refractivity contribution >= 4 is 73.8 Å². The third-order valence-corrected chi connectivity index (χ3v) is 19.6. The van der Waals surface area contributed by atoms with Crippen molar-refractivity contribution in [3.63, 3.8) is 0 Å². The number of halogens is 1. The van der Waals surface area contributed by atoms with E-state index in [1.807, 2.05) is 39.9 Å². The monoisotopic (exact) mass is 964 g/mol. The molecule has 1 amide bonds. The van der Waals surface area contributed by atoms with Gasteiger partial charge in [0.1, 0.15) is 43.0 Å². The summed E-state index contributed by atoms with van der Waals surface area (Å²) in [7, 11) is -2.70. The summed E-state index contributed by atoms with van der Waals surface area (Å²) in [5.41, 5.74) is 0.623. The number of carbonyl (C=O) groups excluding carboxylic acids is 1. The van der Waals surface area contributed by atoms with Crippen LogP contribution in [0, 0.1) is 11.3 Å². The lowest BCUT2D eigenvalue weighted by Crippen LogP contribution is -2.50. The molecule has 5 aromatic rings. The van der Waals surface area contributed by atoms with Crippen LogP contribution in [0.1, 0.15) is 55.4 Å². The second kappa shape index (κ2) is 17.9. The maximum Gasteiger partial charge on any atom is 0.363 e. The molecular weight excluding hydrogens is 922 g/mol. The predicted molar refractivity (Wildman–Crippen MR) is 230 cm³/mol. The van der Waals surface area contributed by atoms with E-state index in [9.17, 15) is 19.7 Å². The number of aromatic amines is 1. The van der Waals surface area contributed by atoms with Crippen LogP contribution in [0.15, 0.2) is 60.2 Å². The van der Waals surface area contributed by atoms with E-state index >= 15 is 4.39 Å². The van der Waals surface area contributed by atoms with Crippen LogP contribution >= 0.6 is 13.4 Å². The minimum Gasteiger partial charge on any atom is -0.408 e. The molecule has 1 aromatic carbocycles. The molecular formula is C36H43FN10O11P2S2Si. The largest absolute Gasteiger partial charge is 0.408 e. The lowest BCUT2D eigenvalue weighted by Gasteiger charge is -2.41. The van der Waals surface area contributed by atoms with E-state index < -0.39 is 89.0 Å². The summed E-state index contributed by atoms with van der Waals surface area (Å²) in [6.45, 7) is 0.607. The molecule has 3 aliphatic heterocycles. The Morgan fingerprint density at radius 1 is 1.10 bits per heavy atom. The minimum atomic E-state index is -4.32. The lowest BCUT2D eigenvalue weighted by molar-refractivity contribution is -0.0494. The smallest absolute Gasteiger partial charge is 0.363 e. The highest BCUT2D eigenvalue weighted by molar-refractivity contribution is 8.07. The average Bonchev–Trinajstić information content (AvgIpc) is 4.01. The number of anilines is 1. The van der Waals surface area contributed by atoms with E-state index in [-0.39, 0.29) is 47.2 Å². The first-order chi connectivity index (χ1) is 29.9. The van der Waals surface area contributed by atoms with E-state index in [2.05, 4.69) is 35.6 Å². The Morgan fingerprint density at radius 2 is 1.86 bits per heavy atom. The Balaban J connectivity index is 1.15. The number of nitriles is 1. The number of benzene rings is 1. The third-order valence-electron chi connectivity index (χ3n) is 11.2. The van der Waals surface area contributed by atoms with E-state index in [0.717, 1.165) is 4.52 Å². The van der Waals surface area contributed by atoms with Gasteiger partial charge in [0.2, 0.25) is 0 Å². The number of nitrogens with one attached hydrogen (secondary N) is 2. The number of alkyl halides is 1. The van der Waals surface area contributed by atoms with Gasteiger partial charge in [-0.15, -0.1) is 0 Å². The lowest BCUT2D eigenvalue weighted by atomic mass is 10.0. The first-order valence-electron chi connectivity index (χ1n) is 19.6. The van der Waals surface area contributed by atoms with Gasteiger partial charge in [0.05, 0.1) is 56.5 Å². The molecule has 0 radical (unpaired) electrons. The number of amides is 1. The van der Waals surface area contributed by atoms with Crippen LogP contribution in [-0.4, -0.2) is 115 Å². The number of nitrogens with zero attached hydrogens (tertiary/aromatic N) is 8. The van der Waals surface area contributed by atoms with Gasteiger partial charge in [-0.3, -0.25) is 18.4 Å². The van der Waals surface area contributed by atoms with E-state index in [1.165, 1.54) is 29.6 Å². The maximum atomic E-state index is 17.1. The number of fused-ring (bicyclic) bond motifs is 5. The first kappa shape index (κ1) is 45.7. The fraction of sp³-hybridized carbons (Fsp3) is 0.500. The number of carbonyl (C=O) groups is 1. The van der Waals surface area contributed by atoms with Crippen molar-refractivity contribution < 1.29 is 50.6 Å². The SMILES string of the molecule is CC(C)(C)[Si](C)(C)O[C@H]1[C@H]2OP(O)(=S)OC[C@H]3O[C@@H](n4cnc5c(NC(=O)c6ccccc6)ncnc54)[C@H](F)[C@@H]3OP(=S)(OCCC#N)OC[C@H]1O[C@H]2c1cnn2c(=O)[nH]ncc12. The van der Waals surface area contributed by atoms with Gasteiger partial charge in [-0.2, -0.15) is 20.0 Å². The highest BCUT2D eigenvalue weighted by Crippen LogP contribution is 2.58. The molecule has 3 aliphatic rings. The molecule has 3 saturated heterocycles. The van der Waals surface area contributed by atoms with E-state index in [1.54, 1.807) is 30.3 Å². The Labute approximate surface area is 370 Å². The molecule has 7 heterocycles. The normalized spacial score (nSPS) is 30.6. The Kier molecular flexibility index (Phi) is 13.0. The molecule has 21 nitrogen and oxygen atoms in total. The third kappa shape index (κ3) is 9.34. The summed E-state index contributed by atoms with van der Waals surface area (Å²) >= 11 is 11.5. The number of ether oxygens (including phenoxy) is 2. The topological polar surface area (TPSA) is 254 Å². The van der Waals surface area contributed by atoms with E-state index in [0.29, 0.717) is 11.1 Å². The average molecular weight is 965 g/mol. The fourth-order valence-electron chi connectivity index (χ4n) is 7.01. The summed E-state index contributed by atoms with van der Waals surface area (Å²) in [6, 6.07) is 10.4. The molecule has 2 bridgehead atoms. The highest BCUT2D eigenvalue weighted by Gasteiger charge is 2.56. The highest BCUT2D eigenvalue weighted by atomic mass is 32.5. The quantitative estimate of drug-likeness (QED) is 0.102. The van der Waals surface area contributed by atoms with Crippen molar-refractivity contribution in [2.45, 2.75) is 94.3 Å². The molecule has 336 valence electrons. The molecule has 4 aromatic heterocycles. The molecule has 63 heavy (non-hydrogen) atoms. The molecule has 27 heteroatoms. The van der Waals surface area contributed by atoms with Crippen LogP contribution in [0.2, 0.25) is 18.1 Å². The molecule has 2 unspecified atom stereocenters. The zero-order valence-electron chi connectivity index (χ0n) is 34.3. The van der Waals surface area contributed by atoms with Crippen molar-refractivity contribution in [1.29, 1.82) is 5.26 Å². The summed E-state index contributed by atoms with van der Waals surface area (Å²) in [5.74, 6) is -0.392. The number of hydrogen-bond acceptors (Lipinski definition) is 18. The van der Waals surface area contributed by atoms with Crippen molar-refractivity contribution in [3.05, 3.63) is 77.0 Å². The second-order valence-corrected chi connectivity index (χ2v) is 26.8. The molecule has 3 N–H and O–H groups in total. The summed E-state index contributed by atoms with van der Waals surface area (Å²) in [5, 5.41) is 22.3. The Hall–Kier alpha value is -3.83. The molecule has 3 fully saturated rings. The first-order valence-corrected chi connectivity index (χ1v) is 27.6. The zero-order valence-corrected chi connectivity index (χ0v) is 38.8. The number of hydrogen-bond donors (Lipinski definition) is 3. The van der Waals surface area contributed by atoms with Gasteiger partial charge < -0.3 is 37.7 Å². The Morgan fingerprint density at radius 3 is 2.60 bits per heavy atom. The van der Waals surface area contributed by atoms with Gasteiger partial charge in [0, 0.05) is 11.1 Å². The summed E-state index contributed by atoms with van der Waals surface area (Å²) < 4.78 is 70.3. The van der Waals surface area contributed by atoms with Crippen LogP contribution in [-0.2, 0) is 60.1 Å². The van der Waals surface area contributed by atoms with Gasteiger partial charge in [0.25, 0.3) is 5.91 Å². The molecule has 8 rings (SSSR count). The zero-order chi connectivity index (χ0) is 44.9. The van der Waals surface area contributed by atoms with Crippen LogP contribution in [0.25, 0.3) is 16.7 Å². The Bertz CT molecular complexity index is 2700. The number of H-pyrrole nitrogens is 1. The van der Waals surface area contributed by atoms with Crippen LogP contribution in [0.3, 0.4) is 0 Å². The fourth-order valence-corrected chi connectivity index (χ4v) is 11.8. The molecule has 10 atom stereocenters. The molecule has 0 spiro atoms. The standard InChI is InChI=1S/C36H43FN10O11P2S2Si/c1-36(2,3)63(4,5)58-29-24-17-53-60(62,51-13-9-12-38)57-28-23(16-52-59(50,61)56-30(29)27(54-24)21-14-43-47-22(21)15-42-45-35(47)49)55-34(25(28)37)46-19-41-26-31(39-18-40-32(26)46)44-33(48)20-10-7-6-8-11-20/h6-8,10-11,14-15,18-19,23-25,27-30,34H,9,13,16-17H2,1-5H3,(H,45,49)(H,50,61)(H,39,40,44,48)/t23-,24-,25-,27+,28-,29-,30+,34-,59?,60?/m1/s1. The number of aromatic nitrogens is 8. The van der Waals surface area contributed by atoms with Crippen molar-refractivity contribution in [2.24, 2.45) is 0 Å². The van der Waals surface area contributed by atoms with Crippen LogP contribution in [0.5, 0.6) is 0 Å². The maximum absolute atomic E-state index is 17.1. The van der Waals surface area contributed by atoms with E-state index in [4.69, 9.17) is 60.1 Å². The van der Waals surface area contributed by atoms with Gasteiger partial charge >= 0.3 is 19.1 Å². The van der Waals surface area contributed by atoms with Crippen molar-refractivity contribution in [2.75, 3.05) is 25.1 Å². The van der Waals surface area contributed by atoms with Gasteiger partial charge in [0.15, 0.2) is 37.7 Å². The van der Waals surface area contributed by atoms with Crippen LogP contribution < -0.4 is 11.0 Å². The predicted octanol–water partition coefficient (Wildman–Crippen LogP) is 4.76. The summed E-state index contributed by atoms with van der Waals surface area (Å²) in [6.07, 6.45) is -5.64. The number of rotatable bonds is 9. The molecule has 0 aliphatic carbocycles.